The molecule has 0 saturated carbocycles. The van der Waals surface area contributed by atoms with Gasteiger partial charge in [0.1, 0.15) is 0 Å². The summed E-state index contributed by atoms with van der Waals surface area (Å²) in [5.41, 5.74) is 6.78. The maximum absolute atomic E-state index is 4.60. The lowest BCUT2D eigenvalue weighted by atomic mass is 9.95. The van der Waals surface area contributed by atoms with E-state index in [1.54, 1.807) is 5.20 Å². The van der Waals surface area contributed by atoms with Crippen LogP contribution < -0.4 is 0 Å². The van der Waals surface area contributed by atoms with Gasteiger partial charge in [0.2, 0.25) is 0 Å². The van der Waals surface area contributed by atoms with Crippen LogP contribution in [0.25, 0.3) is 17.3 Å². The molecule has 0 radical (unpaired) electrons. The first-order valence-corrected chi connectivity index (χ1v) is 11.8. The normalized spacial score (nSPS) is 13.9. The van der Waals surface area contributed by atoms with E-state index in [9.17, 15) is 0 Å². The van der Waals surface area contributed by atoms with Crippen molar-refractivity contribution in [2.45, 2.75) is 45.8 Å². The van der Waals surface area contributed by atoms with Gasteiger partial charge < -0.3 is 0 Å². The minimum absolute atomic E-state index is 1.10. The summed E-state index contributed by atoms with van der Waals surface area (Å²) in [5.74, 6) is 0. The molecule has 0 N–H and O–H groups in total. The lowest BCUT2D eigenvalue weighted by Crippen LogP contribution is -2.23. The van der Waals surface area contributed by atoms with Gasteiger partial charge >= 0.3 is 0 Å². The van der Waals surface area contributed by atoms with Crippen molar-refractivity contribution in [1.82, 2.24) is 4.98 Å². The molecule has 0 atom stereocenters. The molecule has 0 unspecified atom stereocenters. The third-order valence-electron chi connectivity index (χ3n) is 4.47. The molecule has 1 aromatic heterocycles. The SMILES string of the molecule is CCCc1cc2c(c(-c3ccccn3)c1)C=C([Si](C)(C)C)C2. The Morgan fingerprint density at radius 1 is 1.14 bits per heavy atom. The number of allylic oxidation sites excluding steroid dienone is 1. The Labute approximate surface area is 135 Å². The fourth-order valence-corrected chi connectivity index (χ4v) is 4.47. The Morgan fingerprint density at radius 2 is 1.95 bits per heavy atom. The van der Waals surface area contributed by atoms with Crippen LogP contribution in [0.2, 0.25) is 19.6 Å². The minimum atomic E-state index is -1.24. The van der Waals surface area contributed by atoms with Crippen LogP contribution in [0.5, 0.6) is 0 Å². The zero-order chi connectivity index (χ0) is 15.7. The largest absolute Gasteiger partial charge is 0.256 e. The average Bonchev–Trinajstić information content (AvgIpc) is 2.92. The lowest BCUT2D eigenvalue weighted by Gasteiger charge is -2.17. The zero-order valence-electron chi connectivity index (χ0n) is 14.1. The molecule has 1 heterocycles. The second-order valence-corrected chi connectivity index (χ2v) is 12.4. The highest BCUT2D eigenvalue weighted by Crippen LogP contribution is 2.37. The fourth-order valence-electron chi connectivity index (χ4n) is 3.18. The van der Waals surface area contributed by atoms with Gasteiger partial charge in [0.05, 0.1) is 13.8 Å². The smallest absolute Gasteiger partial charge is 0.0729 e. The quantitative estimate of drug-likeness (QED) is 0.678. The highest BCUT2D eigenvalue weighted by atomic mass is 28.3. The van der Waals surface area contributed by atoms with E-state index in [0.717, 1.165) is 18.5 Å². The van der Waals surface area contributed by atoms with Gasteiger partial charge in [-0.15, -0.1) is 0 Å². The molecule has 114 valence electrons. The van der Waals surface area contributed by atoms with Crippen molar-refractivity contribution in [3.63, 3.8) is 0 Å². The van der Waals surface area contributed by atoms with E-state index < -0.39 is 8.07 Å². The van der Waals surface area contributed by atoms with Crippen molar-refractivity contribution in [1.29, 1.82) is 0 Å². The highest BCUT2D eigenvalue weighted by molar-refractivity contribution is 6.83. The van der Waals surface area contributed by atoms with E-state index >= 15 is 0 Å². The van der Waals surface area contributed by atoms with Crippen LogP contribution in [0.3, 0.4) is 0 Å². The number of fused-ring (bicyclic) bond motifs is 1. The lowest BCUT2D eigenvalue weighted by molar-refractivity contribution is 0.919. The number of hydrogen-bond donors (Lipinski definition) is 0. The molecule has 3 rings (SSSR count). The van der Waals surface area contributed by atoms with Crippen molar-refractivity contribution in [3.8, 4) is 11.3 Å². The third-order valence-corrected chi connectivity index (χ3v) is 6.72. The van der Waals surface area contributed by atoms with Gasteiger partial charge in [-0.05, 0) is 47.7 Å². The second-order valence-electron chi connectivity index (χ2n) is 7.28. The first-order chi connectivity index (χ1) is 10.5. The number of hydrogen-bond acceptors (Lipinski definition) is 1. The zero-order valence-corrected chi connectivity index (χ0v) is 15.1. The minimum Gasteiger partial charge on any atom is -0.256 e. The Kier molecular flexibility index (Phi) is 4.05. The summed E-state index contributed by atoms with van der Waals surface area (Å²) in [4.78, 5) is 4.60. The molecule has 1 aliphatic rings. The molecule has 0 aliphatic heterocycles. The van der Waals surface area contributed by atoms with Gasteiger partial charge in [-0.1, -0.05) is 56.4 Å². The van der Waals surface area contributed by atoms with E-state index in [-0.39, 0.29) is 0 Å². The summed E-state index contributed by atoms with van der Waals surface area (Å²) in [6.45, 7) is 9.58. The predicted molar refractivity (Wildman–Crippen MR) is 98.7 cm³/mol. The molecule has 2 aromatic rings. The summed E-state index contributed by atoms with van der Waals surface area (Å²) in [6.07, 6.45) is 7.83. The summed E-state index contributed by atoms with van der Waals surface area (Å²) >= 11 is 0. The molecular weight excluding hydrogens is 282 g/mol. The number of aryl methyl sites for hydroxylation is 1. The van der Waals surface area contributed by atoms with Crippen LogP contribution in [0, 0.1) is 0 Å². The Bertz CT molecular complexity index is 708. The third kappa shape index (κ3) is 2.93. The van der Waals surface area contributed by atoms with Gasteiger partial charge in [0.15, 0.2) is 0 Å². The Balaban J connectivity index is 2.14. The summed E-state index contributed by atoms with van der Waals surface area (Å²) in [5, 5.41) is 1.66. The van der Waals surface area contributed by atoms with E-state index in [1.807, 2.05) is 12.3 Å². The highest BCUT2D eigenvalue weighted by Gasteiger charge is 2.26. The monoisotopic (exact) mass is 307 g/mol. The molecule has 1 aliphatic carbocycles. The van der Waals surface area contributed by atoms with E-state index in [0.29, 0.717) is 0 Å². The molecule has 0 bridgehead atoms. The van der Waals surface area contributed by atoms with Crippen LogP contribution in [0.1, 0.15) is 30.0 Å². The molecule has 1 aromatic carbocycles. The molecule has 0 spiro atoms. The number of benzene rings is 1. The molecule has 0 fully saturated rings. The van der Waals surface area contributed by atoms with Crippen LogP contribution in [0.4, 0.5) is 0 Å². The fraction of sp³-hybridized carbons (Fsp3) is 0.350. The maximum atomic E-state index is 4.60. The van der Waals surface area contributed by atoms with Crippen LogP contribution in [-0.2, 0) is 12.8 Å². The van der Waals surface area contributed by atoms with Crippen LogP contribution in [-0.4, -0.2) is 13.1 Å². The molecule has 0 amide bonds. The Morgan fingerprint density at radius 3 is 2.59 bits per heavy atom. The molecular formula is C20H25NSi. The van der Waals surface area contributed by atoms with Crippen LogP contribution in [0.15, 0.2) is 41.7 Å². The number of rotatable bonds is 4. The topological polar surface area (TPSA) is 12.9 Å². The standard InChI is InChI=1S/C20H25NSi/c1-5-8-15-11-16-13-17(22(2,3)4)14-18(16)19(12-15)20-9-6-7-10-21-20/h6-7,9-12,14H,5,8,13H2,1-4H3. The Hall–Kier alpha value is -1.67. The number of aromatic nitrogens is 1. The maximum Gasteiger partial charge on any atom is 0.0729 e. The molecule has 1 nitrogen and oxygen atoms in total. The molecule has 22 heavy (non-hydrogen) atoms. The van der Waals surface area contributed by atoms with E-state index in [4.69, 9.17) is 0 Å². The second kappa shape index (κ2) is 5.84. The first-order valence-electron chi connectivity index (χ1n) is 8.27. The number of pyridine rings is 1. The van der Waals surface area contributed by atoms with Gasteiger partial charge in [-0.3, -0.25) is 4.98 Å². The first kappa shape index (κ1) is 15.2. The van der Waals surface area contributed by atoms with Gasteiger partial charge in [0.25, 0.3) is 0 Å². The van der Waals surface area contributed by atoms with Gasteiger partial charge in [0, 0.05) is 11.8 Å². The van der Waals surface area contributed by atoms with Crippen LogP contribution >= 0.6 is 0 Å². The van der Waals surface area contributed by atoms with E-state index in [1.165, 1.54) is 28.7 Å². The summed E-state index contributed by atoms with van der Waals surface area (Å²) in [6, 6.07) is 11.0. The average molecular weight is 308 g/mol. The molecule has 0 saturated heterocycles. The summed E-state index contributed by atoms with van der Waals surface area (Å²) < 4.78 is 0. The number of nitrogens with zero attached hydrogens (tertiary/aromatic N) is 1. The van der Waals surface area contributed by atoms with Crippen molar-refractivity contribution >= 4 is 14.1 Å². The van der Waals surface area contributed by atoms with Gasteiger partial charge in [-0.2, -0.15) is 0 Å². The van der Waals surface area contributed by atoms with Crippen molar-refractivity contribution in [3.05, 3.63) is 58.4 Å². The predicted octanol–water partition coefficient (Wildman–Crippen LogP) is 5.52. The summed E-state index contributed by atoms with van der Waals surface area (Å²) in [7, 11) is -1.24. The van der Waals surface area contributed by atoms with Crippen molar-refractivity contribution in [2.75, 3.05) is 0 Å². The van der Waals surface area contributed by atoms with Gasteiger partial charge in [-0.25, -0.2) is 0 Å². The van der Waals surface area contributed by atoms with Crippen molar-refractivity contribution in [2.24, 2.45) is 0 Å². The van der Waals surface area contributed by atoms with E-state index in [2.05, 4.69) is 61.9 Å². The van der Waals surface area contributed by atoms with Crippen molar-refractivity contribution < 1.29 is 0 Å². The molecule has 2 heteroatoms.